The minimum Gasteiger partial charge on any atom is -0.370 e. The van der Waals surface area contributed by atoms with Gasteiger partial charge in [0.05, 0.1) is 12.0 Å². The van der Waals surface area contributed by atoms with Gasteiger partial charge < -0.3 is 52.9 Å². The Balaban J connectivity index is 1.51. The number of amides is 6. The van der Waals surface area contributed by atoms with E-state index in [2.05, 4.69) is 52.2 Å². The molecule has 18 nitrogen and oxygen atoms in total. The number of carbonyl (C=O) groups excluding carboxylic acids is 6. The topological polar surface area (TPSA) is 281 Å². The number of aromatic nitrogens is 3. The van der Waals surface area contributed by atoms with Crippen LogP contribution < -0.4 is 43.0 Å². The van der Waals surface area contributed by atoms with Crippen LogP contribution in [0.3, 0.4) is 0 Å². The first kappa shape index (κ1) is 45.4. The summed E-state index contributed by atoms with van der Waals surface area (Å²) < 4.78 is 0. The first-order chi connectivity index (χ1) is 29.4. The van der Waals surface area contributed by atoms with Crippen LogP contribution >= 0.6 is 0 Å². The molecule has 0 radical (unpaired) electrons. The molecule has 1 fully saturated rings. The highest BCUT2D eigenvalue weighted by molar-refractivity contribution is 5.96. The van der Waals surface area contributed by atoms with Crippen molar-refractivity contribution in [2.24, 2.45) is 11.7 Å². The highest BCUT2D eigenvalue weighted by atomic mass is 16.2. The highest BCUT2D eigenvalue weighted by Crippen LogP contribution is 2.20. The van der Waals surface area contributed by atoms with Crippen LogP contribution in [-0.2, 0) is 48.0 Å². The van der Waals surface area contributed by atoms with Crippen LogP contribution in [0.25, 0.3) is 10.9 Å². The van der Waals surface area contributed by atoms with E-state index in [0.29, 0.717) is 18.5 Å². The van der Waals surface area contributed by atoms with E-state index in [1.807, 2.05) is 44.2 Å². The largest absolute Gasteiger partial charge is 0.370 e. The second-order valence-corrected chi connectivity index (χ2v) is 15.3. The Morgan fingerprint density at radius 2 is 1.43 bits per heavy atom. The Hall–Kier alpha value is -6.72. The summed E-state index contributed by atoms with van der Waals surface area (Å²) in [4.78, 5) is 94.4. The van der Waals surface area contributed by atoms with Crippen molar-refractivity contribution in [1.82, 2.24) is 52.2 Å². The number of aromatic amines is 2. The number of carbonyl (C=O) groups is 6. The molecule has 2 aromatic carbocycles. The maximum absolute atomic E-state index is 14.4. The van der Waals surface area contributed by atoms with E-state index < -0.39 is 59.7 Å². The molecular formula is C43H58N12O6. The lowest BCUT2D eigenvalue weighted by Gasteiger charge is -2.28. The zero-order valence-corrected chi connectivity index (χ0v) is 34.6. The molecule has 326 valence electrons. The van der Waals surface area contributed by atoms with Crippen molar-refractivity contribution in [3.63, 3.8) is 0 Å². The van der Waals surface area contributed by atoms with Gasteiger partial charge in [0, 0.05) is 74.5 Å². The average Bonchev–Trinajstić information content (AvgIpc) is 3.91. The van der Waals surface area contributed by atoms with Gasteiger partial charge in [-0.1, -0.05) is 75.2 Å². The van der Waals surface area contributed by atoms with Crippen molar-refractivity contribution in [2.45, 2.75) is 102 Å². The monoisotopic (exact) mass is 838 g/mol. The molecule has 2 aromatic heterocycles. The predicted octanol–water partition coefficient (Wildman–Crippen LogP) is 0.952. The average molecular weight is 839 g/mol. The maximum Gasteiger partial charge on any atom is 0.243 e. The summed E-state index contributed by atoms with van der Waals surface area (Å²) in [7, 11) is 0. The van der Waals surface area contributed by atoms with Gasteiger partial charge in [0.15, 0.2) is 5.96 Å². The molecule has 3 heterocycles. The molecule has 61 heavy (non-hydrogen) atoms. The van der Waals surface area contributed by atoms with Crippen LogP contribution in [0, 0.1) is 11.3 Å². The molecule has 6 amide bonds. The summed E-state index contributed by atoms with van der Waals surface area (Å²) in [5.41, 5.74) is 8.30. The first-order valence-electron chi connectivity index (χ1n) is 20.9. The second kappa shape index (κ2) is 22.6. The smallest absolute Gasteiger partial charge is 0.243 e. The van der Waals surface area contributed by atoms with Gasteiger partial charge in [0.1, 0.15) is 24.2 Å². The third-order valence-corrected chi connectivity index (χ3v) is 10.9. The lowest BCUT2D eigenvalue weighted by atomic mass is 9.91. The van der Waals surface area contributed by atoms with E-state index >= 15 is 0 Å². The number of H-pyrrole nitrogens is 2. The van der Waals surface area contributed by atoms with E-state index in [-0.39, 0.29) is 75.8 Å². The van der Waals surface area contributed by atoms with E-state index in [9.17, 15) is 28.8 Å². The number of nitrogens with one attached hydrogen (secondary N) is 10. The molecular weight excluding hydrogens is 781 g/mol. The van der Waals surface area contributed by atoms with Crippen LogP contribution in [0.5, 0.6) is 0 Å². The van der Waals surface area contributed by atoms with Crippen LogP contribution in [0.15, 0.2) is 73.3 Å². The van der Waals surface area contributed by atoms with Crippen molar-refractivity contribution >= 4 is 52.3 Å². The summed E-state index contributed by atoms with van der Waals surface area (Å²) in [5, 5.41) is 28.3. The lowest BCUT2D eigenvalue weighted by molar-refractivity contribution is -0.135. The van der Waals surface area contributed by atoms with Crippen molar-refractivity contribution in [3.05, 3.63) is 90.1 Å². The standard InChI is InChI=1S/C43H58N12O6/c1-3-27(4-2)33-22-38(57)52-36(21-29-24-46-25-50-29)42(61)54-34(19-26-11-6-5-7-12-26)41(60)53-32(15-10-17-48-43(44)45)40(59)55-35(39(58)47-18-16-37(56)51-33)20-28-23-49-31-14-9-8-13-30(28)31/h5-9,11-14,23-25,27,32-36,49H,3-4,10,15-22H2,1-2H3,(H,46,50)(H,47,58)(H,51,56)(H,52,57)(H,53,60)(H,54,61)(H,55,59)(H4,44,45,48)/t32-,33?,34+,35-,36-/m0/s1. The second-order valence-electron chi connectivity index (χ2n) is 15.3. The van der Waals surface area contributed by atoms with Crippen LogP contribution in [0.4, 0.5) is 0 Å². The Morgan fingerprint density at radius 1 is 0.770 bits per heavy atom. The number of hydrogen-bond donors (Lipinski definition) is 11. The normalized spacial score (nSPS) is 21.4. The molecule has 12 N–H and O–H groups in total. The van der Waals surface area contributed by atoms with Gasteiger partial charge in [-0.2, -0.15) is 0 Å². The van der Waals surface area contributed by atoms with Gasteiger partial charge in [-0.05, 0) is 36.0 Å². The van der Waals surface area contributed by atoms with Crippen molar-refractivity contribution in [1.29, 1.82) is 5.41 Å². The molecule has 0 saturated carbocycles. The van der Waals surface area contributed by atoms with Gasteiger partial charge in [0.2, 0.25) is 35.4 Å². The molecule has 1 aliphatic heterocycles. The number of rotatable bonds is 13. The fourth-order valence-electron chi connectivity index (χ4n) is 7.57. The SMILES string of the molecule is CCC(CC)C1CC(=O)N[C@@H](Cc2c[nH]cn2)C(=O)N[C@H](Cc2ccccc2)C(=O)N[C@@H](CCCNC(=N)N)C(=O)N[C@@H](Cc2c[nH]c3ccccc23)C(=O)NCCC(=O)N1. The van der Waals surface area contributed by atoms with E-state index in [1.54, 1.807) is 36.7 Å². The molecule has 1 unspecified atom stereocenters. The Labute approximate surface area is 354 Å². The molecule has 18 heteroatoms. The van der Waals surface area contributed by atoms with Crippen LogP contribution in [0.2, 0.25) is 0 Å². The highest BCUT2D eigenvalue weighted by Gasteiger charge is 2.33. The number of guanidine groups is 1. The Morgan fingerprint density at radius 3 is 2.11 bits per heavy atom. The molecule has 0 bridgehead atoms. The molecule has 1 saturated heterocycles. The lowest BCUT2D eigenvalue weighted by Crippen LogP contribution is -2.59. The number of para-hydroxylation sites is 1. The summed E-state index contributed by atoms with van der Waals surface area (Å²) in [6.45, 7) is 4.10. The number of benzene rings is 2. The maximum atomic E-state index is 14.4. The summed E-state index contributed by atoms with van der Waals surface area (Å²) >= 11 is 0. The first-order valence-corrected chi connectivity index (χ1v) is 20.9. The number of nitrogens with zero attached hydrogens (tertiary/aromatic N) is 1. The fourth-order valence-corrected chi connectivity index (χ4v) is 7.57. The number of nitrogens with two attached hydrogens (primary N) is 1. The molecule has 4 aromatic rings. The van der Waals surface area contributed by atoms with Gasteiger partial charge in [-0.15, -0.1) is 0 Å². The van der Waals surface area contributed by atoms with Gasteiger partial charge in [-0.3, -0.25) is 34.2 Å². The summed E-state index contributed by atoms with van der Waals surface area (Å²) in [6.07, 6.45) is 6.41. The van der Waals surface area contributed by atoms with Crippen LogP contribution in [-0.4, -0.2) is 99.7 Å². The zero-order chi connectivity index (χ0) is 43.7. The van der Waals surface area contributed by atoms with E-state index in [4.69, 9.17) is 11.1 Å². The fraction of sp³-hybridized carbons (Fsp3) is 0.442. The number of hydrogen-bond acceptors (Lipinski definition) is 8. The molecule has 0 aliphatic carbocycles. The third kappa shape index (κ3) is 13.7. The number of fused-ring (bicyclic) bond motifs is 1. The minimum atomic E-state index is -1.22. The van der Waals surface area contributed by atoms with E-state index in [1.165, 1.54) is 6.33 Å². The van der Waals surface area contributed by atoms with Crippen molar-refractivity contribution < 1.29 is 28.8 Å². The van der Waals surface area contributed by atoms with Crippen LogP contribution in [0.1, 0.15) is 69.2 Å². The van der Waals surface area contributed by atoms with Gasteiger partial charge >= 0.3 is 0 Å². The molecule has 5 rings (SSSR count). The van der Waals surface area contributed by atoms with Gasteiger partial charge in [-0.25, -0.2) is 4.98 Å². The predicted molar refractivity (Wildman–Crippen MR) is 230 cm³/mol. The zero-order valence-electron chi connectivity index (χ0n) is 34.6. The molecule has 1 aliphatic rings. The van der Waals surface area contributed by atoms with E-state index in [0.717, 1.165) is 22.0 Å². The molecule has 5 atom stereocenters. The number of imidazole rings is 1. The summed E-state index contributed by atoms with van der Waals surface area (Å²) in [5.74, 6) is -3.74. The van der Waals surface area contributed by atoms with Gasteiger partial charge in [0.25, 0.3) is 0 Å². The quantitative estimate of drug-likeness (QED) is 0.0519. The summed E-state index contributed by atoms with van der Waals surface area (Å²) in [6, 6.07) is 11.3. The van der Waals surface area contributed by atoms with Crippen molar-refractivity contribution in [3.8, 4) is 0 Å². The Kier molecular flexibility index (Phi) is 16.8. The minimum absolute atomic E-state index is 0.00550. The Bertz CT molecular complexity index is 2100. The van der Waals surface area contributed by atoms with Crippen molar-refractivity contribution in [2.75, 3.05) is 13.1 Å². The molecule has 0 spiro atoms. The third-order valence-electron chi connectivity index (χ3n) is 10.9.